The standard InChI is InChI=1S/C21H23N3O2S/c1-26-17-9-10-18-19(12-17)27-21(23-18)24-13-16(14-24)20(25)22-11-5-8-15-6-3-2-4-7-15/h2-4,6-7,9-10,12,16H,5,8,11,13-14H2,1H3,(H,22,25). The van der Waals surface area contributed by atoms with Crippen molar-refractivity contribution < 1.29 is 9.53 Å². The molecule has 1 amide bonds. The molecule has 1 saturated heterocycles. The van der Waals surface area contributed by atoms with Gasteiger partial charge in [-0.05, 0) is 36.6 Å². The van der Waals surface area contributed by atoms with Gasteiger partial charge in [-0.15, -0.1) is 0 Å². The molecule has 2 heterocycles. The molecule has 1 N–H and O–H groups in total. The number of benzene rings is 2. The lowest BCUT2D eigenvalue weighted by Gasteiger charge is -2.37. The molecule has 0 atom stereocenters. The Bertz CT molecular complexity index is 920. The van der Waals surface area contributed by atoms with Crippen molar-refractivity contribution in [2.24, 2.45) is 5.92 Å². The number of hydrogen-bond acceptors (Lipinski definition) is 5. The van der Waals surface area contributed by atoms with Gasteiger partial charge < -0.3 is 15.0 Å². The van der Waals surface area contributed by atoms with E-state index in [2.05, 4.69) is 39.5 Å². The zero-order valence-corrected chi connectivity index (χ0v) is 16.2. The number of methoxy groups -OCH3 is 1. The van der Waals surface area contributed by atoms with Crippen molar-refractivity contribution >= 4 is 32.6 Å². The Kier molecular flexibility index (Phi) is 5.25. The molecule has 2 aromatic carbocycles. The first-order valence-corrected chi connectivity index (χ1v) is 10.1. The summed E-state index contributed by atoms with van der Waals surface area (Å²) in [7, 11) is 1.67. The molecule has 0 saturated carbocycles. The molecular weight excluding hydrogens is 358 g/mol. The lowest BCUT2D eigenvalue weighted by atomic mass is 10.00. The Hall–Kier alpha value is -2.60. The molecule has 5 nitrogen and oxygen atoms in total. The zero-order chi connectivity index (χ0) is 18.6. The average Bonchev–Trinajstić information content (AvgIpc) is 3.07. The van der Waals surface area contributed by atoms with Crippen LogP contribution in [0.2, 0.25) is 0 Å². The third-order valence-corrected chi connectivity index (χ3v) is 5.97. The molecule has 0 spiro atoms. The number of aryl methyl sites for hydroxylation is 1. The third-order valence-electron chi connectivity index (χ3n) is 4.89. The maximum atomic E-state index is 12.3. The van der Waals surface area contributed by atoms with E-state index in [0.29, 0.717) is 0 Å². The molecule has 1 aliphatic rings. The predicted molar refractivity (Wildman–Crippen MR) is 110 cm³/mol. The summed E-state index contributed by atoms with van der Waals surface area (Å²) in [6.07, 6.45) is 1.96. The Morgan fingerprint density at radius 1 is 1.26 bits per heavy atom. The van der Waals surface area contributed by atoms with Gasteiger partial charge >= 0.3 is 0 Å². The minimum atomic E-state index is 0.0586. The molecule has 0 radical (unpaired) electrons. The lowest BCUT2D eigenvalue weighted by molar-refractivity contribution is -0.125. The fourth-order valence-corrected chi connectivity index (χ4v) is 4.26. The van der Waals surface area contributed by atoms with Gasteiger partial charge in [-0.1, -0.05) is 41.7 Å². The molecule has 1 aliphatic heterocycles. The highest BCUT2D eigenvalue weighted by atomic mass is 32.1. The van der Waals surface area contributed by atoms with Gasteiger partial charge in [0.25, 0.3) is 0 Å². The van der Waals surface area contributed by atoms with E-state index in [1.165, 1.54) is 5.56 Å². The number of anilines is 1. The van der Waals surface area contributed by atoms with Gasteiger partial charge in [0.2, 0.25) is 5.91 Å². The van der Waals surface area contributed by atoms with Crippen LogP contribution in [0.4, 0.5) is 5.13 Å². The van der Waals surface area contributed by atoms with Crippen molar-refractivity contribution in [2.45, 2.75) is 12.8 Å². The van der Waals surface area contributed by atoms with Gasteiger partial charge in [-0.2, -0.15) is 0 Å². The highest BCUT2D eigenvalue weighted by Crippen LogP contribution is 2.34. The van der Waals surface area contributed by atoms with E-state index in [1.54, 1.807) is 18.4 Å². The molecule has 140 valence electrons. The first-order valence-electron chi connectivity index (χ1n) is 9.24. The Balaban J connectivity index is 1.23. The van der Waals surface area contributed by atoms with Crippen LogP contribution in [0.5, 0.6) is 5.75 Å². The molecule has 27 heavy (non-hydrogen) atoms. The van der Waals surface area contributed by atoms with Crippen LogP contribution in [0.15, 0.2) is 48.5 Å². The smallest absolute Gasteiger partial charge is 0.226 e. The molecule has 0 bridgehead atoms. The van der Waals surface area contributed by atoms with Crippen molar-refractivity contribution in [2.75, 3.05) is 31.6 Å². The van der Waals surface area contributed by atoms with Crippen LogP contribution >= 0.6 is 11.3 Å². The second kappa shape index (κ2) is 7.96. The largest absolute Gasteiger partial charge is 0.497 e. The number of carbonyl (C=O) groups is 1. The highest BCUT2D eigenvalue weighted by molar-refractivity contribution is 7.22. The highest BCUT2D eigenvalue weighted by Gasteiger charge is 2.34. The van der Waals surface area contributed by atoms with E-state index in [-0.39, 0.29) is 11.8 Å². The Labute approximate surface area is 163 Å². The van der Waals surface area contributed by atoms with Crippen molar-refractivity contribution in [1.82, 2.24) is 10.3 Å². The summed E-state index contributed by atoms with van der Waals surface area (Å²) in [5, 5.41) is 4.05. The number of hydrogen-bond donors (Lipinski definition) is 1. The predicted octanol–water partition coefficient (Wildman–Crippen LogP) is 3.49. The lowest BCUT2D eigenvalue weighted by Crippen LogP contribution is -2.53. The average molecular weight is 382 g/mol. The topological polar surface area (TPSA) is 54.5 Å². The van der Waals surface area contributed by atoms with Crippen molar-refractivity contribution in [3.8, 4) is 5.75 Å². The normalized spacial score (nSPS) is 14.2. The minimum absolute atomic E-state index is 0.0586. The summed E-state index contributed by atoms with van der Waals surface area (Å²) in [5.41, 5.74) is 2.29. The first kappa shape index (κ1) is 17.8. The number of nitrogens with one attached hydrogen (secondary N) is 1. The summed E-state index contributed by atoms with van der Waals surface area (Å²) >= 11 is 1.65. The SMILES string of the molecule is COc1ccc2nc(N3CC(C(=O)NCCCc4ccccc4)C3)sc2c1. The molecular formula is C21H23N3O2S. The van der Waals surface area contributed by atoms with E-state index < -0.39 is 0 Å². The minimum Gasteiger partial charge on any atom is -0.497 e. The monoisotopic (exact) mass is 381 g/mol. The van der Waals surface area contributed by atoms with Gasteiger partial charge in [-0.25, -0.2) is 4.98 Å². The molecule has 4 rings (SSSR count). The van der Waals surface area contributed by atoms with Crippen LogP contribution in [-0.2, 0) is 11.2 Å². The Morgan fingerprint density at radius 3 is 2.85 bits per heavy atom. The van der Waals surface area contributed by atoms with Crippen LogP contribution in [0.3, 0.4) is 0 Å². The van der Waals surface area contributed by atoms with Gasteiger partial charge in [0.05, 0.1) is 23.2 Å². The van der Waals surface area contributed by atoms with Crippen LogP contribution in [0.1, 0.15) is 12.0 Å². The Morgan fingerprint density at radius 2 is 2.07 bits per heavy atom. The van der Waals surface area contributed by atoms with Crippen LogP contribution < -0.4 is 15.0 Å². The molecule has 6 heteroatoms. The quantitative estimate of drug-likeness (QED) is 0.637. The number of amides is 1. The zero-order valence-electron chi connectivity index (χ0n) is 15.4. The van der Waals surface area contributed by atoms with Crippen molar-refractivity contribution in [3.05, 3.63) is 54.1 Å². The number of ether oxygens (including phenoxy) is 1. The van der Waals surface area contributed by atoms with Gasteiger partial charge in [0.15, 0.2) is 5.13 Å². The maximum absolute atomic E-state index is 12.3. The number of carbonyl (C=O) groups excluding carboxylic acids is 1. The fraction of sp³-hybridized carbons (Fsp3) is 0.333. The van der Waals surface area contributed by atoms with Gasteiger partial charge in [-0.3, -0.25) is 4.79 Å². The number of aromatic nitrogens is 1. The van der Waals surface area contributed by atoms with E-state index in [9.17, 15) is 4.79 Å². The van der Waals surface area contributed by atoms with Crippen LogP contribution in [0.25, 0.3) is 10.2 Å². The van der Waals surface area contributed by atoms with Gasteiger partial charge in [0.1, 0.15) is 5.75 Å². The van der Waals surface area contributed by atoms with Gasteiger partial charge in [0, 0.05) is 19.6 Å². The van der Waals surface area contributed by atoms with Crippen LogP contribution in [-0.4, -0.2) is 37.6 Å². The maximum Gasteiger partial charge on any atom is 0.226 e. The summed E-state index contributed by atoms with van der Waals surface area (Å²) in [6, 6.07) is 16.3. The molecule has 0 unspecified atom stereocenters. The van der Waals surface area contributed by atoms with E-state index in [0.717, 1.165) is 53.6 Å². The number of fused-ring (bicyclic) bond motifs is 1. The van der Waals surface area contributed by atoms with Crippen molar-refractivity contribution in [3.63, 3.8) is 0 Å². The summed E-state index contributed by atoms with van der Waals surface area (Å²) in [6.45, 7) is 2.20. The molecule has 0 aliphatic carbocycles. The molecule has 3 aromatic rings. The van der Waals surface area contributed by atoms with E-state index in [4.69, 9.17) is 4.74 Å². The van der Waals surface area contributed by atoms with E-state index in [1.807, 2.05) is 24.3 Å². The summed E-state index contributed by atoms with van der Waals surface area (Å²) in [4.78, 5) is 19.1. The second-order valence-corrected chi connectivity index (χ2v) is 7.82. The second-order valence-electron chi connectivity index (χ2n) is 6.81. The molecule has 1 aromatic heterocycles. The van der Waals surface area contributed by atoms with E-state index >= 15 is 0 Å². The van der Waals surface area contributed by atoms with Crippen molar-refractivity contribution in [1.29, 1.82) is 0 Å². The molecule has 1 fully saturated rings. The summed E-state index contributed by atoms with van der Waals surface area (Å²) < 4.78 is 6.38. The van der Waals surface area contributed by atoms with Crippen LogP contribution in [0, 0.1) is 5.92 Å². The number of thiazole rings is 1. The summed E-state index contributed by atoms with van der Waals surface area (Å²) in [5.74, 6) is 1.06. The fourth-order valence-electron chi connectivity index (χ4n) is 3.25. The number of rotatable bonds is 7. The number of nitrogens with zero attached hydrogens (tertiary/aromatic N) is 2. The third kappa shape index (κ3) is 4.06. The first-order chi connectivity index (χ1) is 13.2.